The fraction of sp³-hybridized carbons (Fsp3) is 0.238. The van der Waals surface area contributed by atoms with Gasteiger partial charge in [0.1, 0.15) is 11.5 Å². The van der Waals surface area contributed by atoms with E-state index >= 15 is 0 Å². The molecular weight excluding hydrogens is 491 g/mol. The van der Waals surface area contributed by atoms with Gasteiger partial charge >= 0.3 is 0 Å². The monoisotopic (exact) mass is 508 g/mol. The van der Waals surface area contributed by atoms with Crippen LogP contribution >= 0.6 is 34.8 Å². The normalized spacial score (nSPS) is 11.1. The third-order valence-electron chi connectivity index (χ3n) is 4.98. The number of hydrogen-bond donors (Lipinski definition) is 1. The molecule has 172 valence electrons. The SMILES string of the molecule is Cc1nn(COc2ccc(Cl)cc2Cl)c(C)c1NC(=O)c1noc(C)c1Cn1cc(Cl)cn1. The van der Waals surface area contributed by atoms with Crippen molar-refractivity contribution < 1.29 is 14.1 Å². The van der Waals surface area contributed by atoms with E-state index in [1.165, 1.54) is 6.20 Å². The first-order valence-electron chi connectivity index (χ1n) is 9.79. The fourth-order valence-corrected chi connectivity index (χ4v) is 3.86. The van der Waals surface area contributed by atoms with Gasteiger partial charge in [-0.15, -0.1) is 0 Å². The second-order valence-electron chi connectivity index (χ2n) is 7.27. The molecule has 33 heavy (non-hydrogen) atoms. The van der Waals surface area contributed by atoms with Gasteiger partial charge in [-0.1, -0.05) is 40.0 Å². The first-order valence-corrected chi connectivity index (χ1v) is 10.9. The number of amides is 1. The van der Waals surface area contributed by atoms with Crippen LogP contribution in [0.4, 0.5) is 5.69 Å². The summed E-state index contributed by atoms with van der Waals surface area (Å²) in [5, 5.41) is 16.8. The van der Waals surface area contributed by atoms with E-state index in [2.05, 4.69) is 20.7 Å². The number of benzene rings is 1. The maximum Gasteiger partial charge on any atom is 0.278 e. The van der Waals surface area contributed by atoms with Crippen LogP contribution in [0.3, 0.4) is 0 Å². The van der Waals surface area contributed by atoms with Gasteiger partial charge < -0.3 is 14.6 Å². The van der Waals surface area contributed by atoms with Crippen LogP contribution in [0.2, 0.25) is 15.1 Å². The first kappa shape index (κ1) is 23.2. The van der Waals surface area contributed by atoms with Crippen LogP contribution in [0.25, 0.3) is 0 Å². The number of rotatable bonds is 7. The van der Waals surface area contributed by atoms with Crippen LogP contribution in [-0.4, -0.2) is 30.6 Å². The summed E-state index contributed by atoms with van der Waals surface area (Å²) in [5.41, 5.74) is 2.64. The lowest BCUT2D eigenvalue weighted by molar-refractivity contribution is 0.101. The zero-order valence-corrected chi connectivity index (χ0v) is 20.2. The van der Waals surface area contributed by atoms with E-state index in [1.54, 1.807) is 47.6 Å². The molecule has 1 N–H and O–H groups in total. The number of nitrogens with one attached hydrogen (secondary N) is 1. The molecule has 0 aliphatic rings. The van der Waals surface area contributed by atoms with Crippen molar-refractivity contribution in [3.05, 3.63) is 74.1 Å². The van der Waals surface area contributed by atoms with E-state index < -0.39 is 5.91 Å². The zero-order chi connectivity index (χ0) is 23.7. The van der Waals surface area contributed by atoms with Crippen LogP contribution in [0.15, 0.2) is 35.1 Å². The van der Waals surface area contributed by atoms with Gasteiger partial charge in [0.15, 0.2) is 12.4 Å². The number of anilines is 1. The van der Waals surface area contributed by atoms with Crippen LogP contribution in [0.5, 0.6) is 5.75 Å². The number of carbonyl (C=O) groups is 1. The lowest BCUT2D eigenvalue weighted by Crippen LogP contribution is -2.17. The molecule has 0 fully saturated rings. The van der Waals surface area contributed by atoms with E-state index in [0.717, 1.165) is 0 Å². The Hall–Kier alpha value is -3.01. The molecule has 0 aliphatic heterocycles. The Morgan fingerprint density at radius 3 is 2.67 bits per heavy atom. The highest BCUT2D eigenvalue weighted by molar-refractivity contribution is 6.35. The summed E-state index contributed by atoms with van der Waals surface area (Å²) in [6.07, 6.45) is 3.17. The van der Waals surface area contributed by atoms with Gasteiger partial charge in [-0.05, 0) is 39.0 Å². The summed E-state index contributed by atoms with van der Waals surface area (Å²) in [6.45, 7) is 5.73. The van der Waals surface area contributed by atoms with Gasteiger partial charge in [0.25, 0.3) is 5.91 Å². The van der Waals surface area contributed by atoms with Gasteiger partial charge in [0.05, 0.1) is 39.9 Å². The molecule has 1 aromatic carbocycles. The smallest absolute Gasteiger partial charge is 0.278 e. The largest absolute Gasteiger partial charge is 0.470 e. The van der Waals surface area contributed by atoms with E-state index in [9.17, 15) is 4.79 Å². The molecule has 0 radical (unpaired) electrons. The Morgan fingerprint density at radius 1 is 1.18 bits per heavy atom. The molecule has 0 spiro atoms. The minimum absolute atomic E-state index is 0.0955. The van der Waals surface area contributed by atoms with Crippen molar-refractivity contribution >= 4 is 46.4 Å². The molecule has 9 nitrogen and oxygen atoms in total. The van der Waals surface area contributed by atoms with E-state index in [0.29, 0.717) is 49.2 Å². The number of carbonyl (C=O) groups excluding carboxylic acids is 1. The predicted octanol–water partition coefficient (Wildman–Crippen LogP) is 5.29. The van der Waals surface area contributed by atoms with Gasteiger partial charge in [-0.25, -0.2) is 4.68 Å². The van der Waals surface area contributed by atoms with Crippen LogP contribution in [-0.2, 0) is 13.3 Å². The second-order valence-corrected chi connectivity index (χ2v) is 8.55. The van der Waals surface area contributed by atoms with Crippen molar-refractivity contribution in [3.63, 3.8) is 0 Å². The maximum absolute atomic E-state index is 13.0. The summed E-state index contributed by atoms with van der Waals surface area (Å²) in [6, 6.07) is 4.96. The zero-order valence-electron chi connectivity index (χ0n) is 17.9. The Bertz CT molecular complexity index is 1330. The van der Waals surface area contributed by atoms with Gasteiger partial charge in [0, 0.05) is 16.8 Å². The minimum Gasteiger partial charge on any atom is -0.470 e. The molecule has 4 aromatic rings. The first-order chi connectivity index (χ1) is 15.7. The predicted molar refractivity (Wildman–Crippen MR) is 124 cm³/mol. The maximum atomic E-state index is 13.0. The highest BCUT2D eigenvalue weighted by atomic mass is 35.5. The van der Waals surface area contributed by atoms with E-state index in [-0.39, 0.29) is 19.0 Å². The van der Waals surface area contributed by atoms with Gasteiger partial charge in [-0.3, -0.25) is 9.48 Å². The molecule has 12 heteroatoms. The molecule has 0 saturated carbocycles. The molecule has 0 saturated heterocycles. The van der Waals surface area contributed by atoms with Crippen molar-refractivity contribution in [1.29, 1.82) is 0 Å². The fourth-order valence-electron chi connectivity index (χ4n) is 3.24. The Labute approximate surface area is 204 Å². The second kappa shape index (κ2) is 9.46. The van der Waals surface area contributed by atoms with Crippen molar-refractivity contribution in [2.24, 2.45) is 0 Å². The number of nitrogens with zero attached hydrogens (tertiary/aromatic N) is 5. The number of aromatic nitrogens is 5. The molecule has 3 heterocycles. The Morgan fingerprint density at radius 2 is 1.97 bits per heavy atom. The summed E-state index contributed by atoms with van der Waals surface area (Å²) in [4.78, 5) is 13.0. The third-order valence-corrected chi connectivity index (χ3v) is 5.70. The molecule has 0 unspecified atom stereocenters. The van der Waals surface area contributed by atoms with Crippen molar-refractivity contribution in [1.82, 2.24) is 24.7 Å². The number of hydrogen-bond acceptors (Lipinski definition) is 6. The van der Waals surface area contributed by atoms with E-state index in [4.69, 9.17) is 44.1 Å². The molecule has 0 bridgehead atoms. The lowest BCUT2D eigenvalue weighted by atomic mass is 10.1. The van der Waals surface area contributed by atoms with Crippen molar-refractivity contribution in [3.8, 4) is 5.75 Å². The standard InChI is InChI=1S/C21H19Cl3N6O3/c1-11-19(12(2)30(27-11)10-32-18-5-4-14(22)6-17(18)24)26-21(31)20-16(13(3)33-28-20)9-29-8-15(23)7-25-29/h4-8H,9-10H2,1-3H3,(H,26,31). The topological polar surface area (TPSA) is 100 Å². The third kappa shape index (κ3) is 5.00. The number of aryl methyl sites for hydroxylation is 2. The summed E-state index contributed by atoms with van der Waals surface area (Å²) in [7, 11) is 0. The summed E-state index contributed by atoms with van der Waals surface area (Å²) < 4.78 is 14.2. The molecule has 1 amide bonds. The van der Waals surface area contributed by atoms with Crippen LogP contribution in [0.1, 0.15) is 33.2 Å². The summed E-state index contributed by atoms with van der Waals surface area (Å²) >= 11 is 18.0. The molecule has 0 aliphatic carbocycles. The van der Waals surface area contributed by atoms with Crippen molar-refractivity contribution in [2.45, 2.75) is 34.0 Å². The Balaban J connectivity index is 1.50. The minimum atomic E-state index is -0.424. The highest BCUT2D eigenvalue weighted by Crippen LogP contribution is 2.28. The Kier molecular flexibility index (Phi) is 6.64. The molecule has 0 atom stereocenters. The molecular formula is C21H19Cl3N6O3. The number of halogens is 3. The average molecular weight is 510 g/mol. The van der Waals surface area contributed by atoms with Gasteiger partial charge in [0.2, 0.25) is 0 Å². The lowest BCUT2D eigenvalue weighted by Gasteiger charge is -2.10. The molecule has 3 aromatic heterocycles. The number of ether oxygens (including phenoxy) is 1. The van der Waals surface area contributed by atoms with Crippen LogP contribution in [0, 0.1) is 20.8 Å². The average Bonchev–Trinajstić information content (AvgIpc) is 3.42. The summed E-state index contributed by atoms with van der Waals surface area (Å²) in [5.74, 6) is 0.567. The van der Waals surface area contributed by atoms with Crippen LogP contribution < -0.4 is 10.1 Å². The highest BCUT2D eigenvalue weighted by Gasteiger charge is 2.23. The van der Waals surface area contributed by atoms with Gasteiger partial charge in [-0.2, -0.15) is 10.2 Å². The molecule has 4 rings (SSSR count). The van der Waals surface area contributed by atoms with Crippen molar-refractivity contribution in [2.75, 3.05) is 5.32 Å². The quantitative estimate of drug-likeness (QED) is 0.363. The van der Waals surface area contributed by atoms with E-state index in [1.807, 2.05) is 6.92 Å².